The van der Waals surface area contributed by atoms with Crippen LogP contribution < -0.4 is 10.2 Å². The highest BCUT2D eigenvalue weighted by molar-refractivity contribution is 5.66. The number of nitrogens with zero attached hydrogens (tertiary/aromatic N) is 2. The highest BCUT2D eigenvalue weighted by atomic mass is 15.1. The van der Waals surface area contributed by atoms with Gasteiger partial charge in [0.25, 0.3) is 0 Å². The quantitative estimate of drug-likeness (QED) is 0.899. The Morgan fingerprint density at radius 1 is 1.15 bits per heavy atom. The third kappa shape index (κ3) is 3.36. The first-order chi connectivity index (χ1) is 9.61. The van der Waals surface area contributed by atoms with Crippen molar-refractivity contribution in [3.63, 3.8) is 0 Å². The molecule has 3 nitrogen and oxygen atoms in total. The van der Waals surface area contributed by atoms with E-state index in [2.05, 4.69) is 67.3 Å². The van der Waals surface area contributed by atoms with Gasteiger partial charge in [-0.1, -0.05) is 13.0 Å². The highest BCUT2D eigenvalue weighted by Gasteiger charge is 2.10. The van der Waals surface area contributed by atoms with Crippen molar-refractivity contribution < 1.29 is 0 Å². The molecular weight excluding hydrogens is 246 g/mol. The van der Waals surface area contributed by atoms with Gasteiger partial charge in [0.15, 0.2) is 0 Å². The number of aryl methyl sites for hydroxylation is 2. The van der Waals surface area contributed by atoms with Crippen LogP contribution in [0.15, 0.2) is 36.7 Å². The lowest BCUT2D eigenvalue weighted by molar-refractivity contribution is 0.725. The molecule has 1 heterocycles. The maximum Gasteiger partial charge on any atom is 0.0640 e. The number of benzene rings is 1. The van der Waals surface area contributed by atoms with Crippen LogP contribution in [0.5, 0.6) is 0 Å². The SMILES string of the molecule is CCNCc1ccncc1N(C)c1cc(C)cc(C)c1. The molecule has 3 heteroatoms. The summed E-state index contributed by atoms with van der Waals surface area (Å²) in [5.41, 5.74) is 6.18. The third-order valence-corrected chi connectivity index (χ3v) is 3.41. The van der Waals surface area contributed by atoms with Gasteiger partial charge in [-0.3, -0.25) is 4.98 Å². The Morgan fingerprint density at radius 3 is 2.50 bits per heavy atom. The number of hydrogen-bond acceptors (Lipinski definition) is 3. The maximum absolute atomic E-state index is 4.28. The van der Waals surface area contributed by atoms with Crippen LogP contribution in [0.2, 0.25) is 0 Å². The average Bonchev–Trinajstić information content (AvgIpc) is 2.43. The minimum absolute atomic E-state index is 0.865. The number of pyridine rings is 1. The predicted octanol–water partition coefficient (Wildman–Crippen LogP) is 3.58. The summed E-state index contributed by atoms with van der Waals surface area (Å²) in [5.74, 6) is 0. The molecule has 0 saturated carbocycles. The lowest BCUT2D eigenvalue weighted by Gasteiger charge is -2.23. The average molecular weight is 269 g/mol. The second kappa shape index (κ2) is 6.53. The standard InChI is InChI=1S/C17H23N3/c1-5-18-11-15-6-7-19-12-17(15)20(4)16-9-13(2)8-14(3)10-16/h6-10,12,18H,5,11H2,1-4H3. The Balaban J connectivity index is 2.34. The molecule has 2 aromatic rings. The van der Waals surface area contributed by atoms with E-state index in [0.717, 1.165) is 18.8 Å². The van der Waals surface area contributed by atoms with E-state index in [4.69, 9.17) is 0 Å². The van der Waals surface area contributed by atoms with Crippen LogP contribution in [0.3, 0.4) is 0 Å². The van der Waals surface area contributed by atoms with E-state index in [-0.39, 0.29) is 0 Å². The molecule has 0 unspecified atom stereocenters. The van der Waals surface area contributed by atoms with Gasteiger partial charge in [0.1, 0.15) is 0 Å². The Hall–Kier alpha value is -1.87. The zero-order valence-electron chi connectivity index (χ0n) is 12.8. The van der Waals surface area contributed by atoms with E-state index in [0.29, 0.717) is 0 Å². The number of nitrogens with one attached hydrogen (secondary N) is 1. The molecule has 106 valence electrons. The molecule has 1 aromatic carbocycles. The normalized spacial score (nSPS) is 10.6. The summed E-state index contributed by atoms with van der Waals surface area (Å²) in [7, 11) is 2.10. The van der Waals surface area contributed by atoms with Gasteiger partial charge in [0.2, 0.25) is 0 Å². The lowest BCUT2D eigenvalue weighted by Crippen LogP contribution is -2.17. The first-order valence-electron chi connectivity index (χ1n) is 7.07. The third-order valence-electron chi connectivity index (χ3n) is 3.41. The number of hydrogen-bond donors (Lipinski definition) is 1. The van der Waals surface area contributed by atoms with Gasteiger partial charge in [-0.2, -0.15) is 0 Å². The van der Waals surface area contributed by atoms with Gasteiger partial charge in [-0.05, 0) is 55.3 Å². The summed E-state index contributed by atoms with van der Waals surface area (Å²) < 4.78 is 0. The number of rotatable bonds is 5. The van der Waals surface area contributed by atoms with Crippen molar-refractivity contribution >= 4 is 11.4 Å². The highest BCUT2D eigenvalue weighted by Crippen LogP contribution is 2.27. The van der Waals surface area contributed by atoms with Crippen molar-refractivity contribution in [1.82, 2.24) is 10.3 Å². The molecule has 0 amide bonds. The molecule has 0 aliphatic heterocycles. The summed E-state index contributed by atoms with van der Waals surface area (Å²) in [6, 6.07) is 8.69. The fourth-order valence-corrected chi connectivity index (χ4v) is 2.41. The Labute approximate surface area is 121 Å². The Morgan fingerprint density at radius 2 is 1.85 bits per heavy atom. The fourth-order valence-electron chi connectivity index (χ4n) is 2.41. The largest absolute Gasteiger partial charge is 0.343 e. The van der Waals surface area contributed by atoms with E-state index < -0.39 is 0 Å². The van der Waals surface area contributed by atoms with Crippen LogP contribution in [0, 0.1) is 13.8 Å². The lowest BCUT2D eigenvalue weighted by atomic mass is 10.1. The summed E-state index contributed by atoms with van der Waals surface area (Å²) >= 11 is 0. The van der Waals surface area contributed by atoms with Gasteiger partial charge in [0, 0.05) is 25.5 Å². The van der Waals surface area contributed by atoms with Crippen molar-refractivity contribution in [3.8, 4) is 0 Å². The van der Waals surface area contributed by atoms with Gasteiger partial charge < -0.3 is 10.2 Å². The van der Waals surface area contributed by atoms with Crippen molar-refractivity contribution in [2.24, 2.45) is 0 Å². The molecule has 20 heavy (non-hydrogen) atoms. The van der Waals surface area contributed by atoms with Crippen LogP contribution in [0.25, 0.3) is 0 Å². The van der Waals surface area contributed by atoms with E-state index in [1.165, 1.54) is 22.4 Å². The predicted molar refractivity (Wildman–Crippen MR) is 85.6 cm³/mol. The zero-order chi connectivity index (χ0) is 14.5. The molecular formula is C17H23N3. The van der Waals surface area contributed by atoms with Crippen LogP contribution >= 0.6 is 0 Å². The summed E-state index contributed by atoms with van der Waals surface area (Å²) in [6.45, 7) is 8.22. The summed E-state index contributed by atoms with van der Waals surface area (Å²) in [6.07, 6.45) is 3.79. The second-order valence-corrected chi connectivity index (χ2v) is 5.19. The molecule has 0 aliphatic carbocycles. The molecule has 0 aliphatic rings. The van der Waals surface area contributed by atoms with Gasteiger partial charge >= 0.3 is 0 Å². The first-order valence-corrected chi connectivity index (χ1v) is 7.07. The van der Waals surface area contributed by atoms with Gasteiger partial charge in [0.05, 0.1) is 11.9 Å². The smallest absolute Gasteiger partial charge is 0.0640 e. The zero-order valence-corrected chi connectivity index (χ0v) is 12.8. The molecule has 0 atom stereocenters. The minimum Gasteiger partial charge on any atom is -0.343 e. The van der Waals surface area contributed by atoms with Crippen LogP contribution in [-0.2, 0) is 6.54 Å². The van der Waals surface area contributed by atoms with E-state index >= 15 is 0 Å². The molecule has 0 spiro atoms. The molecule has 2 rings (SSSR count). The molecule has 0 bridgehead atoms. The van der Waals surface area contributed by atoms with E-state index in [1.807, 2.05) is 12.4 Å². The number of aromatic nitrogens is 1. The van der Waals surface area contributed by atoms with Gasteiger partial charge in [-0.15, -0.1) is 0 Å². The van der Waals surface area contributed by atoms with Gasteiger partial charge in [-0.25, -0.2) is 0 Å². The molecule has 0 radical (unpaired) electrons. The topological polar surface area (TPSA) is 28.2 Å². The molecule has 1 aromatic heterocycles. The molecule has 0 saturated heterocycles. The first kappa shape index (κ1) is 14.5. The molecule has 1 N–H and O–H groups in total. The van der Waals surface area contributed by atoms with Crippen molar-refractivity contribution in [1.29, 1.82) is 0 Å². The summed E-state index contributed by atoms with van der Waals surface area (Å²) in [5, 5.41) is 3.38. The van der Waals surface area contributed by atoms with Crippen molar-refractivity contribution in [3.05, 3.63) is 53.3 Å². The van der Waals surface area contributed by atoms with Crippen molar-refractivity contribution in [2.75, 3.05) is 18.5 Å². The van der Waals surface area contributed by atoms with E-state index in [1.54, 1.807) is 0 Å². The second-order valence-electron chi connectivity index (χ2n) is 5.19. The van der Waals surface area contributed by atoms with Crippen molar-refractivity contribution in [2.45, 2.75) is 27.3 Å². The van der Waals surface area contributed by atoms with E-state index in [9.17, 15) is 0 Å². The van der Waals surface area contributed by atoms with Crippen LogP contribution in [-0.4, -0.2) is 18.6 Å². The monoisotopic (exact) mass is 269 g/mol. The van der Waals surface area contributed by atoms with Crippen LogP contribution in [0.4, 0.5) is 11.4 Å². The summed E-state index contributed by atoms with van der Waals surface area (Å²) in [4.78, 5) is 6.48. The minimum atomic E-state index is 0.865. The number of anilines is 2. The molecule has 0 fully saturated rings. The Bertz CT molecular complexity index is 558. The van der Waals surface area contributed by atoms with Crippen LogP contribution in [0.1, 0.15) is 23.6 Å². The maximum atomic E-state index is 4.28. The fraction of sp³-hybridized carbons (Fsp3) is 0.353. The Kier molecular flexibility index (Phi) is 4.74.